The second-order valence-electron chi connectivity index (χ2n) is 3.98. The lowest BCUT2D eigenvalue weighted by Crippen LogP contribution is -2.43. The van der Waals surface area contributed by atoms with E-state index >= 15 is 0 Å². The minimum Gasteiger partial charge on any atom is -0.545 e. The first-order valence-corrected chi connectivity index (χ1v) is 5.67. The fourth-order valence-corrected chi connectivity index (χ4v) is 1.40. The van der Waals surface area contributed by atoms with Crippen molar-refractivity contribution in [2.75, 3.05) is 0 Å². The summed E-state index contributed by atoms with van der Waals surface area (Å²) in [6, 6.07) is 12.6. The Balaban J connectivity index is 0.000000217. The zero-order chi connectivity index (χ0) is 15.1. The van der Waals surface area contributed by atoms with Gasteiger partial charge in [0.05, 0.1) is 18.0 Å². The summed E-state index contributed by atoms with van der Waals surface area (Å²) in [6.45, 7) is 0. The highest BCUT2D eigenvalue weighted by molar-refractivity contribution is 5.91. The molecule has 0 radical (unpaired) electrons. The highest BCUT2D eigenvalue weighted by atomic mass is 16.4. The second kappa shape index (κ2) is 7.03. The Kier molecular flexibility index (Phi) is 5.40. The Labute approximate surface area is 115 Å². The molecule has 2 rings (SSSR count). The molecule has 0 saturated carbocycles. The lowest BCUT2D eigenvalue weighted by Gasteiger charge is -2.05. The topological polar surface area (TPSA) is 136 Å². The van der Waals surface area contributed by atoms with E-state index < -0.39 is 11.9 Å². The maximum Gasteiger partial charge on any atom is 0.133 e. The van der Waals surface area contributed by atoms with Crippen LogP contribution in [-0.2, 0) is 0 Å². The van der Waals surface area contributed by atoms with Gasteiger partial charge in [-0.3, -0.25) is 0 Å². The number of carbonyl (C=O) groups is 2. The van der Waals surface area contributed by atoms with E-state index in [0.29, 0.717) is 0 Å². The SMILES string of the molecule is O=C([O-])c1cccc(C(=O)[O-])c1.[NH3+]c1cccc([NH3+])c1. The summed E-state index contributed by atoms with van der Waals surface area (Å²) in [5.41, 5.74) is 9.19. The Morgan fingerprint density at radius 1 is 0.750 bits per heavy atom. The predicted molar refractivity (Wildman–Crippen MR) is 66.6 cm³/mol. The lowest BCUT2D eigenvalue weighted by atomic mass is 10.1. The summed E-state index contributed by atoms with van der Waals surface area (Å²) in [7, 11) is 0. The van der Waals surface area contributed by atoms with Crippen molar-refractivity contribution < 1.29 is 31.3 Å². The van der Waals surface area contributed by atoms with Gasteiger partial charge in [0.2, 0.25) is 0 Å². The third kappa shape index (κ3) is 4.89. The molecule has 20 heavy (non-hydrogen) atoms. The average molecular weight is 274 g/mol. The fraction of sp³-hybridized carbons (Fsp3) is 0. The van der Waals surface area contributed by atoms with Crippen molar-refractivity contribution >= 4 is 23.3 Å². The molecule has 0 bridgehead atoms. The largest absolute Gasteiger partial charge is 0.545 e. The molecule has 0 spiro atoms. The van der Waals surface area contributed by atoms with Gasteiger partial charge < -0.3 is 31.3 Å². The van der Waals surface area contributed by atoms with Crippen molar-refractivity contribution in [3.63, 3.8) is 0 Å². The van der Waals surface area contributed by atoms with E-state index in [1.807, 2.05) is 24.3 Å². The Hall–Kier alpha value is -2.70. The third-order valence-electron chi connectivity index (χ3n) is 2.33. The first-order valence-electron chi connectivity index (χ1n) is 5.67. The molecular formula is C14H14N2O4. The number of carbonyl (C=O) groups excluding carboxylic acids is 2. The van der Waals surface area contributed by atoms with Gasteiger partial charge in [0.1, 0.15) is 11.4 Å². The number of carboxylic acids is 2. The van der Waals surface area contributed by atoms with E-state index in [1.165, 1.54) is 18.2 Å². The van der Waals surface area contributed by atoms with Crippen LogP contribution < -0.4 is 21.7 Å². The van der Waals surface area contributed by atoms with Crippen LogP contribution in [0, 0.1) is 0 Å². The van der Waals surface area contributed by atoms with Crippen LogP contribution in [-0.4, -0.2) is 11.9 Å². The molecule has 0 aliphatic rings. The van der Waals surface area contributed by atoms with Crippen molar-refractivity contribution in [1.29, 1.82) is 0 Å². The van der Waals surface area contributed by atoms with Crippen molar-refractivity contribution in [2.24, 2.45) is 0 Å². The summed E-state index contributed by atoms with van der Waals surface area (Å²) in [5.74, 6) is -2.81. The van der Waals surface area contributed by atoms with E-state index in [4.69, 9.17) is 0 Å². The standard InChI is InChI=1S/C8H6O4.C6H8N2/c9-7(10)5-2-1-3-6(4-5)8(11)12;7-5-2-1-3-6(8)4-5/h1-4H,(H,9,10)(H,11,12);1-4H,7-8H2. The lowest BCUT2D eigenvalue weighted by molar-refractivity contribution is -0.265. The molecule has 2 aromatic carbocycles. The van der Waals surface area contributed by atoms with Crippen LogP contribution in [0.25, 0.3) is 0 Å². The van der Waals surface area contributed by atoms with Crippen LogP contribution in [0.15, 0.2) is 48.5 Å². The van der Waals surface area contributed by atoms with E-state index in [2.05, 4.69) is 11.5 Å². The molecule has 6 N–H and O–H groups in total. The van der Waals surface area contributed by atoms with E-state index in [0.717, 1.165) is 17.4 Å². The molecule has 0 saturated heterocycles. The Morgan fingerprint density at radius 2 is 1.15 bits per heavy atom. The first kappa shape index (κ1) is 15.4. The first-order chi connectivity index (χ1) is 9.40. The molecule has 0 unspecified atom stereocenters. The molecular weight excluding hydrogens is 260 g/mol. The molecule has 0 amide bonds. The molecule has 0 heterocycles. The summed E-state index contributed by atoms with van der Waals surface area (Å²) in [6.07, 6.45) is 0. The van der Waals surface area contributed by atoms with Crippen LogP contribution in [0.2, 0.25) is 0 Å². The van der Waals surface area contributed by atoms with Crippen molar-refractivity contribution in [2.45, 2.75) is 0 Å². The van der Waals surface area contributed by atoms with Crippen molar-refractivity contribution in [1.82, 2.24) is 0 Å². The molecule has 2 aromatic rings. The van der Waals surface area contributed by atoms with Gasteiger partial charge in [0.15, 0.2) is 0 Å². The number of hydrogen-bond donors (Lipinski definition) is 2. The highest BCUT2D eigenvalue weighted by Gasteiger charge is 1.96. The smallest absolute Gasteiger partial charge is 0.133 e. The van der Waals surface area contributed by atoms with E-state index in [9.17, 15) is 19.8 Å². The number of hydrogen-bond acceptors (Lipinski definition) is 4. The quantitative estimate of drug-likeness (QED) is 0.645. The van der Waals surface area contributed by atoms with Crippen molar-refractivity contribution in [3.8, 4) is 0 Å². The van der Waals surface area contributed by atoms with Crippen LogP contribution in [0.4, 0.5) is 11.4 Å². The number of carboxylic acid groups (broad SMARTS) is 2. The minimum absolute atomic E-state index is 0.170. The zero-order valence-electron chi connectivity index (χ0n) is 10.7. The van der Waals surface area contributed by atoms with Crippen LogP contribution in [0.5, 0.6) is 0 Å². The maximum absolute atomic E-state index is 10.3. The average Bonchev–Trinajstić information content (AvgIpc) is 2.39. The predicted octanol–water partition coefficient (Wildman–Crippen LogP) is -2.15. The van der Waals surface area contributed by atoms with Crippen molar-refractivity contribution in [3.05, 3.63) is 59.7 Å². The normalized spacial score (nSPS) is 9.30. The summed E-state index contributed by atoms with van der Waals surface area (Å²) in [4.78, 5) is 20.5. The number of rotatable bonds is 2. The molecule has 6 nitrogen and oxygen atoms in total. The monoisotopic (exact) mass is 274 g/mol. The van der Waals surface area contributed by atoms with Gasteiger partial charge in [-0.15, -0.1) is 0 Å². The van der Waals surface area contributed by atoms with Gasteiger partial charge in [0, 0.05) is 0 Å². The maximum atomic E-state index is 10.3. The van der Waals surface area contributed by atoms with E-state index in [1.54, 1.807) is 0 Å². The van der Waals surface area contributed by atoms with E-state index in [-0.39, 0.29) is 11.1 Å². The fourth-order valence-electron chi connectivity index (χ4n) is 1.40. The zero-order valence-corrected chi connectivity index (χ0v) is 10.7. The Bertz CT molecular complexity index is 580. The summed E-state index contributed by atoms with van der Waals surface area (Å²) in [5, 5.41) is 20.5. The molecule has 0 aliphatic carbocycles. The van der Waals surface area contributed by atoms with Gasteiger partial charge in [-0.1, -0.05) is 24.3 Å². The molecule has 6 heteroatoms. The highest BCUT2D eigenvalue weighted by Crippen LogP contribution is 2.03. The molecule has 0 aliphatic heterocycles. The van der Waals surface area contributed by atoms with Crippen LogP contribution >= 0.6 is 0 Å². The summed E-state index contributed by atoms with van der Waals surface area (Å²) < 4.78 is 0. The minimum atomic E-state index is -1.40. The van der Waals surface area contributed by atoms with Gasteiger partial charge >= 0.3 is 0 Å². The molecule has 0 atom stereocenters. The van der Waals surface area contributed by atoms with Gasteiger partial charge in [-0.05, 0) is 29.3 Å². The van der Waals surface area contributed by atoms with Gasteiger partial charge in [-0.2, -0.15) is 0 Å². The Morgan fingerprint density at radius 3 is 1.45 bits per heavy atom. The third-order valence-corrected chi connectivity index (χ3v) is 2.33. The summed E-state index contributed by atoms with van der Waals surface area (Å²) >= 11 is 0. The van der Waals surface area contributed by atoms with Crippen LogP contribution in [0.1, 0.15) is 20.7 Å². The number of benzene rings is 2. The van der Waals surface area contributed by atoms with Gasteiger partial charge in [-0.25, -0.2) is 0 Å². The number of aromatic carboxylic acids is 2. The second-order valence-corrected chi connectivity index (χ2v) is 3.98. The van der Waals surface area contributed by atoms with Gasteiger partial charge in [0.25, 0.3) is 0 Å². The molecule has 104 valence electrons. The molecule has 0 aromatic heterocycles. The van der Waals surface area contributed by atoms with Crippen LogP contribution in [0.3, 0.4) is 0 Å². The number of quaternary nitrogens is 2. The molecule has 0 fully saturated rings.